The van der Waals surface area contributed by atoms with Gasteiger partial charge in [0.15, 0.2) is 5.78 Å². The molecule has 3 rings (SSSR count). The molecule has 0 radical (unpaired) electrons. The zero-order chi connectivity index (χ0) is 20.5. The average molecular weight is 392 g/mol. The van der Waals surface area contributed by atoms with Crippen molar-refractivity contribution in [1.29, 1.82) is 0 Å². The van der Waals surface area contributed by atoms with Gasteiger partial charge < -0.3 is 9.47 Å². The largest absolute Gasteiger partial charge is 0.476 e. The lowest BCUT2D eigenvalue weighted by atomic mass is 10.0. The Balaban J connectivity index is 1.69. The van der Waals surface area contributed by atoms with Gasteiger partial charge in [-0.15, -0.1) is 0 Å². The molecule has 0 aromatic heterocycles. The number of halogens is 3. The summed E-state index contributed by atoms with van der Waals surface area (Å²) in [5, 5.41) is 0. The Kier molecular flexibility index (Phi) is 5.19. The molecule has 2 aromatic rings. The van der Waals surface area contributed by atoms with E-state index in [-0.39, 0.29) is 11.7 Å². The molecule has 0 saturated heterocycles. The summed E-state index contributed by atoms with van der Waals surface area (Å²) in [5.74, 6) is -0.393. The van der Waals surface area contributed by atoms with Crippen molar-refractivity contribution in [1.82, 2.24) is 0 Å². The maximum Gasteiger partial charge on any atom is 0.416 e. The van der Waals surface area contributed by atoms with Gasteiger partial charge in [0, 0.05) is 24.0 Å². The summed E-state index contributed by atoms with van der Waals surface area (Å²) in [7, 11) is 0. The summed E-state index contributed by atoms with van der Waals surface area (Å²) in [6.45, 7) is 3.52. The molecule has 7 heteroatoms. The molecular weight excluding hydrogens is 373 g/mol. The Morgan fingerprint density at radius 2 is 1.43 bits per heavy atom. The molecule has 0 bridgehead atoms. The van der Waals surface area contributed by atoms with Crippen LogP contribution in [0.25, 0.3) is 0 Å². The van der Waals surface area contributed by atoms with Crippen LogP contribution in [-0.4, -0.2) is 23.5 Å². The number of rotatable bonds is 6. The Labute approximate surface area is 160 Å². The van der Waals surface area contributed by atoms with Crippen LogP contribution < -0.4 is 4.74 Å². The average Bonchev–Trinajstić information content (AvgIpc) is 3.41. The first kappa shape index (κ1) is 19.9. The minimum absolute atomic E-state index is 0.154. The molecular formula is C21H19F3O4. The molecule has 1 aliphatic carbocycles. The van der Waals surface area contributed by atoms with Crippen molar-refractivity contribution < 1.29 is 32.2 Å². The van der Waals surface area contributed by atoms with E-state index < -0.39 is 29.1 Å². The topological polar surface area (TPSA) is 52.6 Å². The van der Waals surface area contributed by atoms with E-state index in [0.717, 1.165) is 24.3 Å². The molecule has 1 aliphatic rings. The summed E-state index contributed by atoms with van der Waals surface area (Å²) in [6.07, 6.45) is -3.57. The number of hydrogen-bond acceptors (Lipinski definition) is 4. The predicted octanol–water partition coefficient (Wildman–Crippen LogP) is 4.80. The third-order valence-electron chi connectivity index (χ3n) is 4.32. The van der Waals surface area contributed by atoms with Crippen LogP contribution in [0.3, 0.4) is 0 Å². The first-order valence-corrected chi connectivity index (χ1v) is 8.83. The molecule has 0 heterocycles. The van der Waals surface area contributed by atoms with Gasteiger partial charge in [-0.2, -0.15) is 13.2 Å². The van der Waals surface area contributed by atoms with Gasteiger partial charge in [0.1, 0.15) is 5.75 Å². The molecule has 2 aromatic carbocycles. The minimum atomic E-state index is -4.45. The Bertz CT molecular complexity index is 864. The van der Waals surface area contributed by atoms with Crippen LogP contribution in [0, 0.1) is 0 Å². The number of ether oxygens (including phenoxy) is 2. The number of carbonyl (C=O) groups excluding carboxylic acids is 2. The minimum Gasteiger partial charge on any atom is -0.476 e. The first-order chi connectivity index (χ1) is 13.1. The van der Waals surface area contributed by atoms with Crippen molar-refractivity contribution in [2.75, 3.05) is 0 Å². The molecule has 0 amide bonds. The molecule has 0 atom stereocenters. The first-order valence-electron chi connectivity index (χ1n) is 8.83. The van der Waals surface area contributed by atoms with E-state index in [1.54, 1.807) is 26.0 Å². The van der Waals surface area contributed by atoms with Gasteiger partial charge in [-0.05, 0) is 50.2 Å². The van der Waals surface area contributed by atoms with Crippen molar-refractivity contribution >= 4 is 11.8 Å². The number of ketones is 1. The summed E-state index contributed by atoms with van der Waals surface area (Å²) in [4.78, 5) is 24.6. The second-order valence-corrected chi connectivity index (χ2v) is 6.98. The number of benzene rings is 2. The van der Waals surface area contributed by atoms with Crippen molar-refractivity contribution in [3.05, 3.63) is 65.2 Å². The molecule has 4 nitrogen and oxygen atoms in total. The summed E-state index contributed by atoms with van der Waals surface area (Å²) < 4.78 is 48.8. The lowest BCUT2D eigenvalue weighted by molar-refractivity contribution is -0.158. The monoisotopic (exact) mass is 392 g/mol. The lowest BCUT2D eigenvalue weighted by Crippen LogP contribution is -2.33. The highest BCUT2D eigenvalue weighted by molar-refractivity contribution is 6.09. The fourth-order valence-electron chi connectivity index (χ4n) is 2.66. The normalized spacial score (nSPS) is 15.2. The SMILES string of the molecule is CC(C)OC(=O)C1(Oc2ccc(C(=O)c3ccc(C(F)(F)F)cc3)cc2)CC1. The fourth-order valence-corrected chi connectivity index (χ4v) is 2.66. The third-order valence-corrected chi connectivity index (χ3v) is 4.32. The van der Waals surface area contributed by atoms with E-state index in [2.05, 4.69) is 0 Å². The van der Waals surface area contributed by atoms with Crippen molar-refractivity contribution in [2.24, 2.45) is 0 Å². The van der Waals surface area contributed by atoms with Crippen LogP contribution in [0.15, 0.2) is 48.5 Å². The Morgan fingerprint density at radius 3 is 1.86 bits per heavy atom. The molecule has 0 N–H and O–H groups in total. The van der Waals surface area contributed by atoms with Gasteiger partial charge in [-0.25, -0.2) is 4.79 Å². The van der Waals surface area contributed by atoms with E-state index in [1.807, 2.05) is 0 Å². The van der Waals surface area contributed by atoms with Gasteiger partial charge in [-0.3, -0.25) is 4.79 Å². The van der Waals surface area contributed by atoms with Gasteiger partial charge in [0.2, 0.25) is 5.60 Å². The van der Waals surface area contributed by atoms with E-state index in [0.29, 0.717) is 24.2 Å². The van der Waals surface area contributed by atoms with Crippen molar-refractivity contribution in [3.63, 3.8) is 0 Å². The highest BCUT2D eigenvalue weighted by Crippen LogP contribution is 2.41. The van der Waals surface area contributed by atoms with Crippen LogP contribution in [0.1, 0.15) is 48.2 Å². The van der Waals surface area contributed by atoms with Crippen LogP contribution in [0.4, 0.5) is 13.2 Å². The second kappa shape index (κ2) is 7.30. The van der Waals surface area contributed by atoms with E-state index >= 15 is 0 Å². The molecule has 1 fully saturated rings. The number of hydrogen-bond donors (Lipinski definition) is 0. The smallest absolute Gasteiger partial charge is 0.416 e. The zero-order valence-electron chi connectivity index (χ0n) is 15.4. The van der Waals surface area contributed by atoms with E-state index in [4.69, 9.17) is 9.47 Å². The van der Waals surface area contributed by atoms with Crippen molar-refractivity contribution in [3.8, 4) is 5.75 Å². The molecule has 0 unspecified atom stereocenters. The lowest BCUT2D eigenvalue weighted by Gasteiger charge is -2.18. The molecule has 0 aliphatic heterocycles. The highest BCUT2D eigenvalue weighted by Gasteiger charge is 2.54. The number of alkyl halides is 3. The van der Waals surface area contributed by atoms with Gasteiger partial charge in [-0.1, -0.05) is 12.1 Å². The predicted molar refractivity (Wildman–Crippen MR) is 95.1 cm³/mol. The van der Waals surface area contributed by atoms with Crippen LogP contribution in [0.5, 0.6) is 5.75 Å². The third kappa shape index (κ3) is 4.35. The fraction of sp³-hybridized carbons (Fsp3) is 0.333. The van der Waals surface area contributed by atoms with Crippen LogP contribution in [0.2, 0.25) is 0 Å². The zero-order valence-corrected chi connectivity index (χ0v) is 15.4. The number of esters is 1. The Morgan fingerprint density at radius 1 is 0.929 bits per heavy atom. The molecule has 1 saturated carbocycles. The van der Waals surface area contributed by atoms with Gasteiger partial charge in [0.25, 0.3) is 0 Å². The summed E-state index contributed by atoms with van der Waals surface area (Å²) in [6, 6.07) is 10.2. The molecule has 28 heavy (non-hydrogen) atoms. The second-order valence-electron chi connectivity index (χ2n) is 6.98. The summed E-state index contributed by atoms with van der Waals surface area (Å²) >= 11 is 0. The van der Waals surface area contributed by atoms with Crippen LogP contribution >= 0.6 is 0 Å². The molecule has 148 valence electrons. The maximum absolute atomic E-state index is 12.6. The van der Waals surface area contributed by atoms with Gasteiger partial charge in [0.05, 0.1) is 11.7 Å². The Hall–Kier alpha value is -2.83. The summed E-state index contributed by atoms with van der Waals surface area (Å²) in [5.41, 5.74) is -1.32. The number of carbonyl (C=O) groups is 2. The molecule has 0 spiro atoms. The highest BCUT2D eigenvalue weighted by atomic mass is 19.4. The quantitative estimate of drug-likeness (QED) is 0.524. The van der Waals surface area contributed by atoms with Crippen LogP contribution in [-0.2, 0) is 15.7 Å². The van der Waals surface area contributed by atoms with Gasteiger partial charge >= 0.3 is 12.1 Å². The van der Waals surface area contributed by atoms with E-state index in [1.165, 1.54) is 12.1 Å². The standard InChI is InChI=1S/C21H19F3O4/c1-13(2)27-19(26)20(11-12-20)28-17-9-5-15(6-10-17)18(25)14-3-7-16(8-4-14)21(22,23)24/h3-10,13H,11-12H2,1-2H3. The maximum atomic E-state index is 12.6. The van der Waals surface area contributed by atoms with E-state index in [9.17, 15) is 22.8 Å². The van der Waals surface area contributed by atoms with Crippen molar-refractivity contribution in [2.45, 2.75) is 44.6 Å².